The van der Waals surface area contributed by atoms with Gasteiger partial charge in [0.2, 0.25) is 5.82 Å². The number of hydrogen-bond acceptors (Lipinski definition) is 6. The minimum Gasteiger partial charge on any atom is -0.359 e. The zero-order valence-electron chi connectivity index (χ0n) is 11.0. The summed E-state index contributed by atoms with van der Waals surface area (Å²) >= 11 is 1.36. The summed E-state index contributed by atoms with van der Waals surface area (Å²) in [7, 11) is 0. The van der Waals surface area contributed by atoms with Crippen LogP contribution in [0.4, 0.5) is 11.6 Å². The summed E-state index contributed by atoms with van der Waals surface area (Å²) in [4.78, 5) is 15.6. The third-order valence-electron chi connectivity index (χ3n) is 3.19. The van der Waals surface area contributed by atoms with Crippen LogP contribution in [0.3, 0.4) is 0 Å². The van der Waals surface area contributed by atoms with E-state index in [-0.39, 0.29) is 11.6 Å². The number of imidazole rings is 1. The average Bonchev–Trinajstić information content (AvgIpc) is 3.05. The van der Waals surface area contributed by atoms with Crippen molar-refractivity contribution in [2.75, 3.05) is 5.32 Å². The number of nitro groups is 1. The molecule has 0 amide bonds. The van der Waals surface area contributed by atoms with E-state index >= 15 is 0 Å². The highest BCUT2D eigenvalue weighted by atomic mass is 32.1. The highest BCUT2D eigenvalue weighted by Gasteiger charge is 2.23. The number of fused-ring (bicyclic) bond motifs is 1. The summed E-state index contributed by atoms with van der Waals surface area (Å²) in [6.07, 6.45) is 1.64. The van der Waals surface area contributed by atoms with Crippen molar-refractivity contribution in [2.24, 2.45) is 5.73 Å². The zero-order valence-corrected chi connectivity index (χ0v) is 11.8. The fourth-order valence-corrected chi connectivity index (χ4v) is 2.88. The smallest absolute Gasteiger partial charge is 0.359 e. The SMILES string of the molecule is NCc1ccccc1CNc1nc2sccn2c1[N+](=O)[O-]. The molecule has 3 N–H and O–H groups in total. The van der Waals surface area contributed by atoms with Crippen molar-refractivity contribution in [3.05, 3.63) is 57.1 Å². The predicted molar refractivity (Wildman–Crippen MR) is 81.4 cm³/mol. The summed E-state index contributed by atoms with van der Waals surface area (Å²) < 4.78 is 1.47. The summed E-state index contributed by atoms with van der Waals surface area (Å²) in [5.41, 5.74) is 7.70. The molecular weight excluding hydrogens is 290 g/mol. The van der Waals surface area contributed by atoms with Crippen molar-refractivity contribution >= 4 is 27.9 Å². The second kappa shape index (κ2) is 5.51. The molecule has 3 aromatic rings. The van der Waals surface area contributed by atoms with E-state index in [2.05, 4.69) is 10.3 Å². The second-order valence-electron chi connectivity index (χ2n) is 4.42. The minimum absolute atomic E-state index is 0.0449. The van der Waals surface area contributed by atoms with Crippen LogP contribution in [0.5, 0.6) is 0 Å². The highest BCUT2D eigenvalue weighted by molar-refractivity contribution is 7.15. The fraction of sp³-hybridized carbons (Fsp3) is 0.154. The van der Waals surface area contributed by atoms with Crippen LogP contribution in [-0.4, -0.2) is 14.3 Å². The van der Waals surface area contributed by atoms with Crippen LogP contribution in [0, 0.1) is 10.1 Å². The molecule has 3 rings (SSSR count). The molecule has 21 heavy (non-hydrogen) atoms. The predicted octanol–water partition coefficient (Wildman–Crippen LogP) is 2.37. The van der Waals surface area contributed by atoms with Crippen LogP contribution in [0.1, 0.15) is 11.1 Å². The first kappa shape index (κ1) is 13.5. The Morgan fingerprint density at radius 1 is 1.38 bits per heavy atom. The lowest BCUT2D eigenvalue weighted by Crippen LogP contribution is -2.07. The van der Waals surface area contributed by atoms with Gasteiger partial charge in [-0.15, -0.1) is 0 Å². The summed E-state index contributed by atoms with van der Waals surface area (Å²) in [5, 5.41) is 16.0. The number of nitrogens with zero attached hydrogens (tertiary/aromatic N) is 3. The van der Waals surface area contributed by atoms with Crippen LogP contribution >= 0.6 is 11.3 Å². The Balaban J connectivity index is 1.90. The molecule has 0 atom stereocenters. The summed E-state index contributed by atoms with van der Waals surface area (Å²) in [5.74, 6) is 0.232. The molecule has 0 aliphatic heterocycles. The maximum Gasteiger partial charge on any atom is 0.372 e. The Labute approximate surface area is 124 Å². The van der Waals surface area contributed by atoms with Crippen LogP contribution in [-0.2, 0) is 13.1 Å². The van der Waals surface area contributed by atoms with E-state index in [0.717, 1.165) is 11.1 Å². The first-order chi connectivity index (χ1) is 10.2. The van der Waals surface area contributed by atoms with Gasteiger partial charge in [0.25, 0.3) is 4.96 Å². The lowest BCUT2D eigenvalue weighted by Gasteiger charge is -2.08. The lowest BCUT2D eigenvalue weighted by atomic mass is 10.1. The van der Waals surface area contributed by atoms with Gasteiger partial charge >= 0.3 is 5.82 Å². The van der Waals surface area contributed by atoms with Gasteiger partial charge in [-0.3, -0.25) is 0 Å². The molecule has 0 saturated carbocycles. The molecule has 8 heteroatoms. The van der Waals surface area contributed by atoms with Gasteiger partial charge in [-0.05, 0) is 16.1 Å². The van der Waals surface area contributed by atoms with E-state index in [1.807, 2.05) is 24.3 Å². The van der Waals surface area contributed by atoms with Crippen LogP contribution in [0.25, 0.3) is 4.96 Å². The van der Waals surface area contributed by atoms with Crippen LogP contribution < -0.4 is 11.1 Å². The average molecular weight is 303 g/mol. The number of thiazole rings is 1. The van der Waals surface area contributed by atoms with E-state index in [4.69, 9.17) is 5.73 Å². The van der Waals surface area contributed by atoms with Gasteiger partial charge in [-0.1, -0.05) is 35.6 Å². The first-order valence-corrected chi connectivity index (χ1v) is 7.19. The number of rotatable bonds is 5. The standard InChI is InChI=1S/C13H13N5O2S/c14-7-9-3-1-2-4-10(9)8-15-11-12(18(19)20)17-5-6-21-13(17)16-11/h1-6,15H,7-8,14H2. The van der Waals surface area contributed by atoms with E-state index in [9.17, 15) is 10.1 Å². The maximum atomic E-state index is 11.2. The first-order valence-electron chi connectivity index (χ1n) is 6.31. The third-order valence-corrected chi connectivity index (χ3v) is 3.95. The number of nitrogens with two attached hydrogens (primary N) is 1. The molecule has 0 aliphatic carbocycles. The molecule has 1 aromatic carbocycles. The monoisotopic (exact) mass is 303 g/mol. The number of hydrogen-bond donors (Lipinski definition) is 2. The number of nitrogens with one attached hydrogen (secondary N) is 1. The van der Waals surface area contributed by atoms with Gasteiger partial charge in [-0.2, -0.15) is 9.38 Å². The van der Waals surface area contributed by atoms with Gasteiger partial charge in [0.05, 0.1) is 0 Å². The Morgan fingerprint density at radius 3 is 2.86 bits per heavy atom. The largest absolute Gasteiger partial charge is 0.372 e. The van der Waals surface area contributed by atoms with Crippen molar-refractivity contribution < 1.29 is 4.92 Å². The normalized spacial score (nSPS) is 10.9. The molecule has 108 valence electrons. The molecule has 0 bridgehead atoms. The molecule has 2 heterocycles. The van der Waals surface area contributed by atoms with Gasteiger partial charge < -0.3 is 21.2 Å². The summed E-state index contributed by atoms with van der Waals surface area (Å²) in [6.45, 7) is 0.872. The Morgan fingerprint density at radius 2 is 2.14 bits per heavy atom. The molecule has 0 fully saturated rings. The van der Waals surface area contributed by atoms with Gasteiger partial charge in [-0.25, -0.2) is 0 Å². The fourth-order valence-electron chi connectivity index (χ4n) is 2.17. The molecule has 0 unspecified atom stereocenters. The molecular formula is C13H13N5O2S. The maximum absolute atomic E-state index is 11.2. The third kappa shape index (κ3) is 2.46. The highest BCUT2D eigenvalue weighted by Crippen LogP contribution is 2.28. The Bertz CT molecular complexity index is 795. The quantitative estimate of drug-likeness (QED) is 0.557. The second-order valence-corrected chi connectivity index (χ2v) is 5.30. The van der Waals surface area contributed by atoms with Crippen molar-refractivity contribution in [2.45, 2.75) is 13.1 Å². The molecule has 2 aromatic heterocycles. The van der Waals surface area contributed by atoms with Crippen molar-refractivity contribution in [1.29, 1.82) is 0 Å². The van der Waals surface area contributed by atoms with Gasteiger partial charge in [0.15, 0.2) is 0 Å². The van der Waals surface area contributed by atoms with E-state index in [1.54, 1.807) is 11.6 Å². The van der Waals surface area contributed by atoms with Crippen LogP contribution in [0.15, 0.2) is 35.8 Å². The number of aromatic nitrogens is 2. The van der Waals surface area contributed by atoms with E-state index in [1.165, 1.54) is 15.7 Å². The van der Waals surface area contributed by atoms with Gasteiger partial charge in [0, 0.05) is 18.5 Å². The van der Waals surface area contributed by atoms with Crippen LogP contribution in [0.2, 0.25) is 0 Å². The topological polar surface area (TPSA) is 98.5 Å². The van der Waals surface area contributed by atoms with E-state index < -0.39 is 4.92 Å². The molecule has 0 spiro atoms. The molecule has 0 saturated heterocycles. The number of benzene rings is 1. The molecule has 7 nitrogen and oxygen atoms in total. The Hall–Kier alpha value is -2.45. The van der Waals surface area contributed by atoms with Gasteiger partial charge in [0.1, 0.15) is 6.20 Å². The van der Waals surface area contributed by atoms with Crippen molar-refractivity contribution in [3.63, 3.8) is 0 Å². The number of anilines is 1. The minimum atomic E-state index is -0.427. The Kier molecular flexibility index (Phi) is 3.55. The summed E-state index contributed by atoms with van der Waals surface area (Å²) in [6, 6.07) is 7.72. The molecule has 0 radical (unpaired) electrons. The lowest BCUT2D eigenvalue weighted by molar-refractivity contribution is -0.389. The van der Waals surface area contributed by atoms with Crippen molar-refractivity contribution in [1.82, 2.24) is 9.38 Å². The van der Waals surface area contributed by atoms with Crippen molar-refractivity contribution in [3.8, 4) is 0 Å². The zero-order chi connectivity index (χ0) is 14.8. The van der Waals surface area contributed by atoms with E-state index in [0.29, 0.717) is 18.1 Å². The molecule has 0 aliphatic rings.